The Hall–Kier alpha value is -3.19. The van der Waals surface area contributed by atoms with Crippen LogP contribution in [0, 0.1) is 12.2 Å². The zero-order valence-electron chi connectivity index (χ0n) is 16.5. The molecular formula is C23H20ClFN3O3. The number of amides is 1. The second kappa shape index (κ2) is 8.89. The highest BCUT2D eigenvalue weighted by atomic mass is 35.5. The maximum atomic E-state index is 14.0. The zero-order chi connectivity index (χ0) is 22.0. The topological polar surface area (TPSA) is 86.3 Å². The summed E-state index contributed by atoms with van der Waals surface area (Å²) in [5.74, 6) is -1.75. The minimum atomic E-state index is -0.811. The molecule has 1 aliphatic heterocycles. The molecule has 0 bridgehead atoms. The molecule has 3 aromatic rings. The highest BCUT2D eigenvalue weighted by Crippen LogP contribution is 2.34. The van der Waals surface area contributed by atoms with Crippen molar-refractivity contribution in [2.24, 2.45) is 0 Å². The highest BCUT2D eigenvalue weighted by molar-refractivity contribution is 6.30. The Morgan fingerprint density at radius 3 is 2.77 bits per heavy atom. The number of hydrogen-bond acceptors (Lipinski definition) is 4. The van der Waals surface area contributed by atoms with Gasteiger partial charge in [0.2, 0.25) is 0 Å². The first-order valence-electron chi connectivity index (χ1n) is 9.88. The normalized spacial score (nSPS) is 17.0. The van der Waals surface area contributed by atoms with Crippen LogP contribution in [0.1, 0.15) is 40.4 Å². The van der Waals surface area contributed by atoms with Gasteiger partial charge in [0.15, 0.2) is 11.4 Å². The maximum absolute atomic E-state index is 14.0. The lowest BCUT2D eigenvalue weighted by atomic mass is 9.85. The first kappa shape index (κ1) is 21.1. The molecule has 6 nitrogen and oxygen atoms in total. The molecule has 2 atom stereocenters. The van der Waals surface area contributed by atoms with Gasteiger partial charge >= 0.3 is 0 Å². The Kier molecular flexibility index (Phi) is 6.04. The summed E-state index contributed by atoms with van der Waals surface area (Å²) in [4.78, 5) is 26.8. The molecule has 1 saturated heterocycles. The van der Waals surface area contributed by atoms with Crippen molar-refractivity contribution >= 4 is 17.5 Å². The Morgan fingerprint density at radius 1 is 1.26 bits per heavy atom. The number of benzene rings is 2. The van der Waals surface area contributed by atoms with Gasteiger partial charge in [0.05, 0.1) is 6.20 Å². The lowest BCUT2D eigenvalue weighted by Crippen LogP contribution is -2.39. The van der Waals surface area contributed by atoms with Crippen LogP contribution in [-0.2, 0) is 0 Å². The lowest BCUT2D eigenvalue weighted by Gasteiger charge is -2.28. The van der Waals surface area contributed by atoms with E-state index in [-0.39, 0.29) is 23.5 Å². The smallest absolute Gasteiger partial charge is 0.278 e. The number of nitrogens with zero attached hydrogens (tertiary/aromatic N) is 2. The van der Waals surface area contributed by atoms with Crippen LogP contribution in [0.15, 0.2) is 59.5 Å². The standard InChI is InChI=1S/C23H20ClFN3O3/c24-16-8-6-14(7-9-16)19(15-3-1-4-17(25)11-15)12-18-5-2-10-28(18)23(31)21-22(30)20(29)13-26-27-21/h1,3-4,6-9,11-13,18-19H,2,5,10H2,(H,26,30)(H,27,29)/t18-,19-/m0/s1. The minimum absolute atomic E-state index is 0.290. The predicted molar refractivity (Wildman–Crippen MR) is 115 cm³/mol. The van der Waals surface area contributed by atoms with Gasteiger partial charge < -0.3 is 10.0 Å². The van der Waals surface area contributed by atoms with Gasteiger partial charge in [-0.05, 0) is 54.7 Å². The van der Waals surface area contributed by atoms with E-state index in [0.717, 1.165) is 23.7 Å². The number of carbonyl (C=O) groups is 1. The third-order valence-corrected chi connectivity index (χ3v) is 5.69. The number of nitrogens with one attached hydrogen (secondary N) is 1. The van der Waals surface area contributed by atoms with Gasteiger partial charge in [0, 0.05) is 23.5 Å². The summed E-state index contributed by atoms with van der Waals surface area (Å²) in [6.07, 6.45) is 4.47. The number of rotatable bonds is 5. The van der Waals surface area contributed by atoms with Crippen molar-refractivity contribution in [3.05, 3.63) is 99.0 Å². The molecule has 0 spiro atoms. The number of aromatic amines is 1. The fraction of sp³-hybridized carbons (Fsp3) is 0.217. The Labute approximate surface area is 183 Å². The van der Waals surface area contributed by atoms with E-state index in [1.807, 2.05) is 24.6 Å². The number of aromatic hydroxyl groups is 1. The molecule has 8 heteroatoms. The molecule has 31 heavy (non-hydrogen) atoms. The summed E-state index contributed by atoms with van der Waals surface area (Å²) in [6, 6.07) is 13.3. The number of hydrogen-bond donors (Lipinski definition) is 2. The van der Waals surface area contributed by atoms with Crippen molar-refractivity contribution in [2.45, 2.75) is 24.8 Å². The number of carbonyl (C=O) groups excluding carboxylic acids is 1. The van der Waals surface area contributed by atoms with Crippen molar-refractivity contribution in [3.8, 4) is 5.75 Å². The fourth-order valence-electron chi connectivity index (χ4n) is 3.93. The van der Waals surface area contributed by atoms with E-state index in [4.69, 9.17) is 11.6 Å². The number of aromatic nitrogens is 2. The quantitative estimate of drug-likeness (QED) is 0.629. The molecule has 0 unspecified atom stereocenters. The summed E-state index contributed by atoms with van der Waals surface area (Å²) in [5.41, 5.74) is 0.487. The number of H-pyrrole nitrogens is 1. The molecule has 2 aromatic carbocycles. The van der Waals surface area contributed by atoms with Gasteiger partial charge in [-0.3, -0.25) is 14.7 Å². The number of likely N-dealkylation sites (tertiary alicyclic amines) is 1. The molecule has 2 N–H and O–H groups in total. The predicted octanol–water partition coefficient (Wildman–Crippen LogP) is 3.91. The summed E-state index contributed by atoms with van der Waals surface area (Å²) in [5, 5.41) is 16.4. The first-order valence-corrected chi connectivity index (χ1v) is 10.3. The molecule has 1 aliphatic rings. The second-order valence-corrected chi connectivity index (χ2v) is 7.87. The average Bonchev–Trinajstić information content (AvgIpc) is 3.22. The van der Waals surface area contributed by atoms with Gasteiger partial charge in [0.25, 0.3) is 11.3 Å². The molecule has 1 radical (unpaired) electrons. The van der Waals surface area contributed by atoms with E-state index in [1.54, 1.807) is 23.1 Å². The van der Waals surface area contributed by atoms with Crippen molar-refractivity contribution in [1.29, 1.82) is 0 Å². The van der Waals surface area contributed by atoms with E-state index < -0.39 is 17.1 Å². The molecule has 1 aromatic heterocycles. The van der Waals surface area contributed by atoms with Gasteiger partial charge in [-0.1, -0.05) is 35.9 Å². The average molecular weight is 441 g/mol. The Morgan fingerprint density at radius 2 is 2.03 bits per heavy atom. The van der Waals surface area contributed by atoms with E-state index in [1.165, 1.54) is 12.1 Å². The molecule has 4 rings (SSSR count). The summed E-state index contributed by atoms with van der Waals surface area (Å²) in [7, 11) is 0. The van der Waals surface area contributed by atoms with Crippen LogP contribution in [0.4, 0.5) is 4.39 Å². The third kappa shape index (κ3) is 4.46. The Bertz CT molecular complexity index is 1150. The number of halogens is 2. The van der Waals surface area contributed by atoms with E-state index in [2.05, 4.69) is 10.2 Å². The van der Waals surface area contributed by atoms with Crippen molar-refractivity contribution in [1.82, 2.24) is 15.1 Å². The van der Waals surface area contributed by atoms with E-state index in [9.17, 15) is 19.1 Å². The molecule has 0 aliphatic carbocycles. The van der Waals surface area contributed by atoms with Crippen LogP contribution in [-0.4, -0.2) is 38.7 Å². The van der Waals surface area contributed by atoms with E-state index in [0.29, 0.717) is 18.0 Å². The van der Waals surface area contributed by atoms with Crippen LogP contribution in [0.3, 0.4) is 0 Å². The van der Waals surface area contributed by atoms with Crippen LogP contribution in [0.2, 0.25) is 5.02 Å². The van der Waals surface area contributed by atoms with Crippen molar-refractivity contribution < 1.29 is 14.3 Å². The van der Waals surface area contributed by atoms with Crippen molar-refractivity contribution in [3.63, 3.8) is 0 Å². The Balaban J connectivity index is 1.65. The van der Waals surface area contributed by atoms with Crippen LogP contribution >= 0.6 is 11.6 Å². The van der Waals surface area contributed by atoms with E-state index >= 15 is 0 Å². The lowest BCUT2D eigenvalue weighted by molar-refractivity contribution is 0.0742. The summed E-state index contributed by atoms with van der Waals surface area (Å²) >= 11 is 6.04. The molecule has 0 saturated carbocycles. The molecular weight excluding hydrogens is 421 g/mol. The largest absolute Gasteiger partial charge is 0.503 e. The third-order valence-electron chi connectivity index (χ3n) is 5.44. The van der Waals surface area contributed by atoms with Gasteiger partial charge in [-0.2, -0.15) is 5.10 Å². The van der Waals surface area contributed by atoms with Gasteiger partial charge in [0.1, 0.15) is 5.82 Å². The summed E-state index contributed by atoms with van der Waals surface area (Å²) in [6.45, 7) is 0.452. The molecule has 1 amide bonds. The molecule has 1 fully saturated rings. The molecule has 159 valence electrons. The first-order chi connectivity index (χ1) is 14.9. The van der Waals surface area contributed by atoms with Crippen LogP contribution in [0.25, 0.3) is 0 Å². The minimum Gasteiger partial charge on any atom is -0.503 e. The fourth-order valence-corrected chi connectivity index (χ4v) is 4.05. The van der Waals surface area contributed by atoms with Crippen LogP contribution in [0.5, 0.6) is 5.75 Å². The highest BCUT2D eigenvalue weighted by Gasteiger charge is 2.34. The summed E-state index contributed by atoms with van der Waals surface area (Å²) < 4.78 is 14.0. The van der Waals surface area contributed by atoms with Crippen molar-refractivity contribution in [2.75, 3.05) is 6.54 Å². The van der Waals surface area contributed by atoms with Gasteiger partial charge in [-0.25, -0.2) is 4.39 Å². The maximum Gasteiger partial charge on any atom is 0.278 e. The van der Waals surface area contributed by atoms with Crippen LogP contribution < -0.4 is 5.43 Å². The monoisotopic (exact) mass is 440 g/mol. The van der Waals surface area contributed by atoms with Gasteiger partial charge in [-0.15, -0.1) is 0 Å². The SMILES string of the molecule is O=C(c1n[nH]cc(O)c1=O)N1CCC[C@H]1[CH][C@@H](c1ccc(Cl)cc1)c1cccc(F)c1. The molecule has 2 heterocycles. The second-order valence-electron chi connectivity index (χ2n) is 7.43. The zero-order valence-corrected chi connectivity index (χ0v) is 17.2.